The Morgan fingerprint density at radius 2 is 1.68 bits per heavy atom. The van der Waals surface area contributed by atoms with E-state index in [9.17, 15) is 4.39 Å². The first kappa shape index (κ1) is 18.2. The minimum Gasteiger partial charge on any atom is -0.372 e. The predicted molar refractivity (Wildman–Crippen MR) is 112 cm³/mol. The number of nitrogens with zero attached hydrogens (tertiary/aromatic N) is 3. The van der Waals surface area contributed by atoms with E-state index in [2.05, 4.69) is 49.8 Å². The van der Waals surface area contributed by atoms with E-state index in [4.69, 9.17) is 0 Å². The maximum Gasteiger partial charge on any atom is 0.229 e. The van der Waals surface area contributed by atoms with E-state index in [-0.39, 0.29) is 5.82 Å². The standard InChI is InChI=1S/C22H24FN5/c23-18-5-3-17(4-6-18)11-13-24-21-12-14-25-22(27-21)26-19-7-9-20(10-8-19)28-15-1-2-16-28/h3-10,12,14H,1-2,11,13,15-16H2,(H2,24,25,26,27). The van der Waals surface area contributed by atoms with Crippen molar-refractivity contribution in [3.05, 3.63) is 72.2 Å². The first-order valence-electron chi connectivity index (χ1n) is 9.70. The van der Waals surface area contributed by atoms with Crippen LogP contribution in [0.15, 0.2) is 60.8 Å². The zero-order chi connectivity index (χ0) is 19.2. The number of benzene rings is 2. The van der Waals surface area contributed by atoms with Gasteiger partial charge in [-0.25, -0.2) is 9.37 Å². The molecule has 0 saturated carbocycles. The van der Waals surface area contributed by atoms with Gasteiger partial charge in [0.1, 0.15) is 11.6 Å². The number of aromatic nitrogens is 2. The second kappa shape index (κ2) is 8.69. The lowest BCUT2D eigenvalue weighted by Crippen LogP contribution is -2.17. The summed E-state index contributed by atoms with van der Waals surface area (Å²) in [5.74, 6) is 1.10. The third-order valence-corrected chi connectivity index (χ3v) is 4.88. The van der Waals surface area contributed by atoms with Crippen LogP contribution >= 0.6 is 0 Å². The molecule has 2 heterocycles. The Kier molecular flexibility index (Phi) is 5.66. The third-order valence-electron chi connectivity index (χ3n) is 4.88. The van der Waals surface area contributed by atoms with E-state index in [1.807, 2.05) is 6.07 Å². The van der Waals surface area contributed by atoms with Crippen molar-refractivity contribution in [3.8, 4) is 0 Å². The van der Waals surface area contributed by atoms with E-state index in [1.165, 1.54) is 30.7 Å². The average Bonchev–Trinajstić information content (AvgIpc) is 3.25. The van der Waals surface area contributed by atoms with Crippen LogP contribution in [0.1, 0.15) is 18.4 Å². The summed E-state index contributed by atoms with van der Waals surface area (Å²) in [6.45, 7) is 3.00. The third kappa shape index (κ3) is 4.76. The van der Waals surface area contributed by atoms with Gasteiger partial charge in [0.15, 0.2) is 0 Å². The molecular weight excluding hydrogens is 353 g/mol. The van der Waals surface area contributed by atoms with Gasteiger partial charge in [0.2, 0.25) is 5.95 Å². The lowest BCUT2D eigenvalue weighted by Gasteiger charge is -2.17. The summed E-state index contributed by atoms with van der Waals surface area (Å²) in [7, 11) is 0. The molecular formula is C22H24FN5. The first-order valence-corrected chi connectivity index (χ1v) is 9.70. The van der Waals surface area contributed by atoms with Crippen molar-refractivity contribution in [2.75, 3.05) is 35.2 Å². The fraction of sp³-hybridized carbons (Fsp3) is 0.273. The summed E-state index contributed by atoms with van der Waals surface area (Å²) in [5.41, 5.74) is 3.31. The summed E-state index contributed by atoms with van der Waals surface area (Å²) in [6, 6.07) is 16.8. The summed E-state index contributed by atoms with van der Waals surface area (Å²) in [6.07, 6.45) is 5.07. The molecule has 1 saturated heterocycles. The van der Waals surface area contributed by atoms with Gasteiger partial charge < -0.3 is 15.5 Å². The summed E-state index contributed by atoms with van der Waals surface area (Å²) < 4.78 is 13.0. The van der Waals surface area contributed by atoms with Gasteiger partial charge in [0.25, 0.3) is 0 Å². The van der Waals surface area contributed by atoms with Crippen molar-refractivity contribution < 1.29 is 4.39 Å². The molecule has 0 radical (unpaired) electrons. The average molecular weight is 377 g/mol. The van der Waals surface area contributed by atoms with Crippen LogP contribution in [0.4, 0.5) is 27.5 Å². The monoisotopic (exact) mass is 377 g/mol. The minimum atomic E-state index is -0.211. The molecule has 1 aliphatic rings. The van der Waals surface area contributed by atoms with Crippen LogP contribution in [0.3, 0.4) is 0 Å². The fourth-order valence-corrected chi connectivity index (χ4v) is 3.36. The topological polar surface area (TPSA) is 53.1 Å². The lowest BCUT2D eigenvalue weighted by atomic mass is 10.1. The molecule has 6 heteroatoms. The van der Waals surface area contributed by atoms with E-state index in [1.54, 1.807) is 18.3 Å². The number of anilines is 4. The number of hydrogen-bond acceptors (Lipinski definition) is 5. The highest BCUT2D eigenvalue weighted by Gasteiger charge is 2.11. The maximum absolute atomic E-state index is 13.0. The largest absolute Gasteiger partial charge is 0.372 e. The quantitative estimate of drug-likeness (QED) is 0.630. The Morgan fingerprint density at radius 3 is 2.43 bits per heavy atom. The Labute approximate surface area is 164 Å². The van der Waals surface area contributed by atoms with Crippen LogP contribution in [0.25, 0.3) is 0 Å². The molecule has 0 atom stereocenters. The van der Waals surface area contributed by atoms with Gasteiger partial charge in [0, 0.05) is 37.2 Å². The molecule has 1 aromatic heterocycles. The Balaban J connectivity index is 1.32. The predicted octanol–water partition coefficient (Wildman–Crippen LogP) is 4.61. The maximum atomic E-state index is 13.0. The number of nitrogens with one attached hydrogen (secondary N) is 2. The molecule has 0 spiro atoms. The van der Waals surface area contributed by atoms with Gasteiger partial charge in [0.05, 0.1) is 0 Å². The molecule has 5 nitrogen and oxygen atoms in total. The van der Waals surface area contributed by atoms with Crippen LogP contribution in [-0.4, -0.2) is 29.6 Å². The molecule has 0 unspecified atom stereocenters. The Morgan fingerprint density at radius 1 is 0.929 bits per heavy atom. The molecule has 4 rings (SSSR count). The van der Waals surface area contributed by atoms with Crippen LogP contribution < -0.4 is 15.5 Å². The smallest absolute Gasteiger partial charge is 0.229 e. The first-order chi connectivity index (χ1) is 13.8. The van der Waals surface area contributed by atoms with Crippen LogP contribution in [0.5, 0.6) is 0 Å². The molecule has 0 bridgehead atoms. The molecule has 28 heavy (non-hydrogen) atoms. The van der Waals surface area contributed by atoms with Crippen LogP contribution in [-0.2, 0) is 6.42 Å². The Bertz CT molecular complexity index is 890. The fourth-order valence-electron chi connectivity index (χ4n) is 3.36. The molecule has 1 fully saturated rings. The van der Waals surface area contributed by atoms with Crippen molar-refractivity contribution in [2.45, 2.75) is 19.3 Å². The highest BCUT2D eigenvalue weighted by molar-refractivity contribution is 5.60. The summed E-state index contributed by atoms with van der Waals surface area (Å²) in [4.78, 5) is 11.2. The van der Waals surface area contributed by atoms with Crippen LogP contribution in [0, 0.1) is 5.82 Å². The highest BCUT2D eigenvalue weighted by atomic mass is 19.1. The zero-order valence-electron chi connectivity index (χ0n) is 15.7. The van der Waals surface area contributed by atoms with Crippen molar-refractivity contribution in [2.24, 2.45) is 0 Å². The van der Waals surface area contributed by atoms with E-state index < -0.39 is 0 Å². The minimum absolute atomic E-state index is 0.211. The van der Waals surface area contributed by atoms with Crippen LogP contribution in [0.2, 0.25) is 0 Å². The van der Waals surface area contributed by atoms with Crippen molar-refractivity contribution >= 4 is 23.1 Å². The molecule has 144 valence electrons. The second-order valence-electron chi connectivity index (χ2n) is 6.93. The molecule has 0 aliphatic carbocycles. The van der Waals surface area contributed by atoms with Gasteiger partial charge in [-0.1, -0.05) is 12.1 Å². The van der Waals surface area contributed by atoms with E-state index in [0.29, 0.717) is 12.5 Å². The molecule has 3 aromatic rings. The van der Waals surface area contributed by atoms with Gasteiger partial charge in [-0.2, -0.15) is 4.98 Å². The summed E-state index contributed by atoms with van der Waals surface area (Å²) >= 11 is 0. The van der Waals surface area contributed by atoms with Crippen molar-refractivity contribution in [1.29, 1.82) is 0 Å². The molecule has 2 N–H and O–H groups in total. The Hall–Kier alpha value is -3.15. The lowest BCUT2D eigenvalue weighted by molar-refractivity contribution is 0.627. The summed E-state index contributed by atoms with van der Waals surface area (Å²) in [5, 5.41) is 6.54. The normalized spacial score (nSPS) is 13.5. The second-order valence-corrected chi connectivity index (χ2v) is 6.93. The van der Waals surface area contributed by atoms with Crippen molar-refractivity contribution in [1.82, 2.24) is 9.97 Å². The number of halogens is 1. The SMILES string of the molecule is Fc1ccc(CCNc2ccnc(Nc3ccc(N4CCCC4)cc3)n2)cc1. The van der Waals surface area contributed by atoms with Gasteiger partial charge in [-0.05, 0) is 67.3 Å². The van der Waals surface area contributed by atoms with Gasteiger partial charge >= 0.3 is 0 Å². The van der Waals surface area contributed by atoms with Gasteiger partial charge in [-0.3, -0.25) is 0 Å². The molecule has 2 aromatic carbocycles. The van der Waals surface area contributed by atoms with E-state index >= 15 is 0 Å². The number of rotatable bonds is 7. The van der Waals surface area contributed by atoms with Gasteiger partial charge in [-0.15, -0.1) is 0 Å². The molecule has 0 amide bonds. The highest BCUT2D eigenvalue weighted by Crippen LogP contribution is 2.23. The number of hydrogen-bond donors (Lipinski definition) is 2. The van der Waals surface area contributed by atoms with E-state index in [0.717, 1.165) is 36.6 Å². The zero-order valence-corrected chi connectivity index (χ0v) is 15.7. The molecule has 1 aliphatic heterocycles. The van der Waals surface area contributed by atoms with Crippen molar-refractivity contribution in [3.63, 3.8) is 0 Å².